The monoisotopic (exact) mass is 242 g/mol. The van der Waals surface area contributed by atoms with Gasteiger partial charge in [-0.05, 0) is 32.4 Å². The molecule has 0 spiro atoms. The highest BCUT2D eigenvalue weighted by Crippen LogP contribution is 2.14. The smallest absolute Gasteiger partial charge is 0.224 e. The van der Waals surface area contributed by atoms with Crippen molar-refractivity contribution in [1.29, 1.82) is 0 Å². The van der Waals surface area contributed by atoms with Crippen molar-refractivity contribution in [1.82, 2.24) is 0 Å². The van der Waals surface area contributed by atoms with Crippen LogP contribution >= 0.6 is 0 Å². The molecule has 1 aromatic carbocycles. The number of carbonyl (C=O) groups is 1. The first kappa shape index (κ1) is 13.6. The Kier molecular flexibility index (Phi) is 4.17. The van der Waals surface area contributed by atoms with Gasteiger partial charge in [-0.15, -0.1) is 0 Å². The SMILES string of the molecule is CC(C)(N)CCC(=O)Nc1cc(F)cc(F)c1. The van der Waals surface area contributed by atoms with Crippen molar-refractivity contribution in [3.05, 3.63) is 29.8 Å². The lowest BCUT2D eigenvalue weighted by Crippen LogP contribution is -2.33. The zero-order chi connectivity index (χ0) is 13.1. The first-order chi connectivity index (χ1) is 7.76. The Hall–Kier alpha value is -1.49. The third kappa shape index (κ3) is 5.40. The topological polar surface area (TPSA) is 55.1 Å². The predicted octanol–water partition coefficient (Wildman–Crippen LogP) is 2.42. The Morgan fingerprint density at radius 3 is 2.29 bits per heavy atom. The van der Waals surface area contributed by atoms with Gasteiger partial charge in [-0.2, -0.15) is 0 Å². The van der Waals surface area contributed by atoms with Crippen molar-refractivity contribution >= 4 is 11.6 Å². The lowest BCUT2D eigenvalue weighted by atomic mass is 10.00. The molecular weight excluding hydrogens is 226 g/mol. The summed E-state index contributed by atoms with van der Waals surface area (Å²) in [4.78, 5) is 11.5. The molecule has 3 nitrogen and oxygen atoms in total. The third-order valence-corrected chi connectivity index (χ3v) is 2.14. The van der Waals surface area contributed by atoms with Gasteiger partial charge in [0.05, 0.1) is 0 Å². The van der Waals surface area contributed by atoms with Crippen molar-refractivity contribution in [3.63, 3.8) is 0 Å². The minimum Gasteiger partial charge on any atom is -0.326 e. The molecule has 0 radical (unpaired) electrons. The van der Waals surface area contributed by atoms with Gasteiger partial charge < -0.3 is 11.1 Å². The van der Waals surface area contributed by atoms with Crippen LogP contribution in [0.25, 0.3) is 0 Å². The number of anilines is 1. The van der Waals surface area contributed by atoms with Crippen LogP contribution in [-0.2, 0) is 4.79 Å². The molecular formula is C12H16F2N2O. The van der Waals surface area contributed by atoms with Gasteiger partial charge in [0, 0.05) is 23.7 Å². The van der Waals surface area contributed by atoms with Crippen LogP contribution in [-0.4, -0.2) is 11.4 Å². The minimum absolute atomic E-state index is 0.113. The lowest BCUT2D eigenvalue weighted by Gasteiger charge is -2.17. The van der Waals surface area contributed by atoms with Gasteiger partial charge in [-0.3, -0.25) is 4.79 Å². The third-order valence-electron chi connectivity index (χ3n) is 2.14. The highest BCUT2D eigenvalue weighted by atomic mass is 19.1. The van der Waals surface area contributed by atoms with E-state index < -0.39 is 17.2 Å². The molecule has 0 heterocycles. The van der Waals surface area contributed by atoms with E-state index in [1.165, 1.54) is 0 Å². The van der Waals surface area contributed by atoms with E-state index in [2.05, 4.69) is 5.32 Å². The van der Waals surface area contributed by atoms with Crippen LogP contribution in [0.4, 0.5) is 14.5 Å². The van der Waals surface area contributed by atoms with Crippen LogP contribution in [0.5, 0.6) is 0 Å². The largest absolute Gasteiger partial charge is 0.326 e. The number of hydrogen-bond acceptors (Lipinski definition) is 2. The molecule has 0 aromatic heterocycles. The Morgan fingerprint density at radius 1 is 1.29 bits per heavy atom. The fraction of sp³-hybridized carbons (Fsp3) is 0.417. The predicted molar refractivity (Wildman–Crippen MR) is 62.5 cm³/mol. The summed E-state index contributed by atoms with van der Waals surface area (Å²) >= 11 is 0. The zero-order valence-corrected chi connectivity index (χ0v) is 9.89. The van der Waals surface area contributed by atoms with E-state index in [0.29, 0.717) is 6.42 Å². The lowest BCUT2D eigenvalue weighted by molar-refractivity contribution is -0.116. The minimum atomic E-state index is -0.723. The standard InChI is InChI=1S/C12H16F2N2O/c1-12(2,15)4-3-11(17)16-10-6-8(13)5-9(14)7-10/h5-7H,3-4,15H2,1-2H3,(H,16,17). The Labute approximate surface area is 99.0 Å². The van der Waals surface area contributed by atoms with Crippen molar-refractivity contribution in [3.8, 4) is 0 Å². The van der Waals surface area contributed by atoms with E-state index in [-0.39, 0.29) is 18.0 Å². The molecule has 17 heavy (non-hydrogen) atoms. The first-order valence-corrected chi connectivity index (χ1v) is 5.31. The average Bonchev–Trinajstić information content (AvgIpc) is 2.11. The van der Waals surface area contributed by atoms with Gasteiger partial charge in [-0.25, -0.2) is 8.78 Å². The van der Waals surface area contributed by atoms with E-state index in [4.69, 9.17) is 5.73 Å². The van der Waals surface area contributed by atoms with Gasteiger partial charge in [0.2, 0.25) is 5.91 Å². The quantitative estimate of drug-likeness (QED) is 0.852. The van der Waals surface area contributed by atoms with Crippen LogP contribution in [0.2, 0.25) is 0 Å². The molecule has 0 atom stereocenters. The number of nitrogens with one attached hydrogen (secondary N) is 1. The second-order valence-electron chi connectivity index (χ2n) is 4.69. The van der Waals surface area contributed by atoms with E-state index in [1.54, 1.807) is 0 Å². The summed E-state index contributed by atoms with van der Waals surface area (Å²) in [5.41, 5.74) is 5.40. The van der Waals surface area contributed by atoms with Crippen molar-refractivity contribution in [2.24, 2.45) is 5.73 Å². The number of benzene rings is 1. The summed E-state index contributed by atoms with van der Waals surface area (Å²) in [6.07, 6.45) is 0.707. The molecule has 0 aliphatic carbocycles. The normalized spacial score (nSPS) is 11.4. The maximum atomic E-state index is 12.8. The van der Waals surface area contributed by atoms with E-state index in [9.17, 15) is 13.6 Å². The molecule has 0 unspecified atom stereocenters. The molecule has 1 rings (SSSR count). The Morgan fingerprint density at radius 2 is 1.82 bits per heavy atom. The summed E-state index contributed by atoms with van der Waals surface area (Å²) in [5.74, 6) is -1.76. The van der Waals surface area contributed by atoms with Crippen LogP contribution in [0.15, 0.2) is 18.2 Å². The maximum absolute atomic E-state index is 12.8. The summed E-state index contributed by atoms with van der Waals surface area (Å²) < 4.78 is 25.7. The number of hydrogen-bond donors (Lipinski definition) is 2. The van der Waals surface area contributed by atoms with Crippen LogP contribution < -0.4 is 11.1 Å². The molecule has 3 N–H and O–H groups in total. The summed E-state index contributed by atoms with van der Waals surface area (Å²) in [5, 5.41) is 2.42. The molecule has 94 valence electrons. The first-order valence-electron chi connectivity index (χ1n) is 5.31. The van der Waals surface area contributed by atoms with Gasteiger partial charge in [-0.1, -0.05) is 0 Å². The number of rotatable bonds is 4. The molecule has 0 saturated carbocycles. The highest BCUT2D eigenvalue weighted by molar-refractivity contribution is 5.90. The number of amides is 1. The van der Waals surface area contributed by atoms with Gasteiger partial charge in [0.25, 0.3) is 0 Å². The molecule has 0 aliphatic heterocycles. The fourth-order valence-electron chi connectivity index (χ4n) is 1.29. The van der Waals surface area contributed by atoms with Gasteiger partial charge >= 0.3 is 0 Å². The van der Waals surface area contributed by atoms with E-state index >= 15 is 0 Å². The Balaban J connectivity index is 2.56. The number of carbonyl (C=O) groups excluding carboxylic acids is 1. The molecule has 0 saturated heterocycles. The molecule has 5 heteroatoms. The Bertz CT molecular complexity index is 393. The van der Waals surface area contributed by atoms with E-state index in [1.807, 2.05) is 13.8 Å². The zero-order valence-electron chi connectivity index (χ0n) is 9.89. The summed E-state index contributed by atoms with van der Waals surface area (Å²) in [6.45, 7) is 3.62. The van der Waals surface area contributed by atoms with Crippen molar-refractivity contribution in [2.75, 3.05) is 5.32 Å². The maximum Gasteiger partial charge on any atom is 0.224 e. The van der Waals surface area contributed by atoms with Crippen LogP contribution in [0, 0.1) is 11.6 Å². The molecule has 0 fully saturated rings. The number of halogens is 2. The molecule has 1 amide bonds. The van der Waals surface area contributed by atoms with Crippen molar-refractivity contribution < 1.29 is 13.6 Å². The van der Waals surface area contributed by atoms with Crippen molar-refractivity contribution in [2.45, 2.75) is 32.2 Å². The second-order valence-corrected chi connectivity index (χ2v) is 4.69. The second kappa shape index (κ2) is 5.23. The summed E-state index contributed by atoms with van der Waals surface area (Å²) in [7, 11) is 0. The molecule has 1 aromatic rings. The van der Waals surface area contributed by atoms with Gasteiger partial charge in [0.15, 0.2) is 0 Å². The number of nitrogens with two attached hydrogens (primary N) is 1. The van der Waals surface area contributed by atoms with E-state index in [0.717, 1.165) is 18.2 Å². The van der Waals surface area contributed by atoms with Gasteiger partial charge in [0.1, 0.15) is 11.6 Å². The van der Waals surface area contributed by atoms with Crippen LogP contribution in [0.1, 0.15) is 26.7 Å². The fourth-order valence-corrected chi connectivity index (χ4v) is 1.29. The van der Waals surface area contributed by atoms with Crippen LogP contribution in [0.3, 0.4) is 0 Å². The molecule has 0 aliphatic rings. The summed E-state index contributed by atoms with van der Waals surface area (Å²) in [6, 6.07) is 2.88. The average molecular weight is 242 g/mol. The highest BCUT2D eigenvalue weighted by Gasteiger charge is 2.13. The molecule has 0 bridgehead atoms.